The lowest BCUT2D eigenvalue weighted by molar-refractivity contribution is -0.384. The van der Waals surface area contributed by atoms with Gasteiger partial charge in [-0.2, -0.15) is 0 Å². The minimum Gasteiger partial charge on any atom is -0.497 e. The zero-order chi connectivity index (χ0) is 17.1. The Labute approximate surface area is 143 Å². The molecule has 0 amide bonds. The van der Waals surface area contributed by atoms with Crippen molar-refractivity contribution in [1.29, 1.82) is 0 Å². The lowest BCUT2D eigenvalue weighted by Gasteiger charge is -2.16. The highest BCUT2D eigenvalue weighted by atomic mass is 35.5. The number of benzene rings is 2. The largest absolute Gasteiger partial charge is 0.497 e. The van der Waals surface area contributed by atoms with Crippen LogP contribution in [0.4, 0.5) is 5.69 Å². The zero-order valence-electron chi connectivity index (χ0n) is 12.8. The van der Waals surface area contributed by atoms with Crippen LogP contribution < -0.4 is 9.47 Å². The molecular formula is C16H15Cl2NO4. The summed E-state index contributed by atoms with van der Waals surface area (Å²) in [4.78, 5) is 10.3. The van der Waals surface area contributed by atoms with Crippen LogP contribution in [-0.2, 0) is 0 Å². The summed E-state index contributed by atoms with van der Waals surface area (Å²) in [7, 11) is 1.59. The van der Waals surface area contributed by atoms with Gasteiger partial charge in [-0.15, -0.1) is 0 Å². The third-order valence-corrected chi connectivity index (χ3v) is 3.81. The molecule has 0 N–H and O–H groups in total. The second-order valence-electron chi connectivity index (χ2n) is 5.16. The number of hydrogen-bond acceptors (Lipinski definition) is 4. The van der Waals surface area contributed by atoms with Gasteiger partial charge in [0.2, 0.25) is 0 Å². The molecule has 5 nitrogen and oxygen atoms in total. The smallest absolute Gasteiger partial charge is 0.272 e. The monoisotopic (exact) mass is 355 g/mol. The molecule has 2 aromatic carbocycles. The summed E-state index contributed by atoms with van der Waals surface area (Å²) in [5.74, 6) is 1.64. The summed E-state index contributed by atoms with van der Waals surface area (Å²) >= 11 is 12.2. The maximum atomic E-state index is 10.8. The Morgan fingerprint density at radius 1 is 1.13 bits per heavy atom. The molecule has 0 aromatic heterocycles. The minimum absolute atomic E-state index is 0.0784. The van der Waals surface area contributed by atoms with Gasteiger partial charge in [0, 0.05) is 17.7 Å². The Morgan fingerprint density at radius 3 is 2.22 bits per heavy atom. The van der Waals surface area contributed by atoms with Crippen molar-refractivity contribution in [3.05, 3.63) is 56.1 Å². The molecule has 0 saturated carbocycles. The van der Waals surface area contributed by atoms with Crippen molar-refractivity contribution in [2.24, 2.45) is 0 Å². The molecule has 0 radical (unpaired) electrons. The molecule has 0 fully saturated rings. The third kappa shape index (κ3) is 3.86. The van der Waals surface area contributed by atoms with Crippen molar-refractivity contribution in [3.8, 4) is 17.2 Å². The molecule has 2 aromatic rings. The molecule has 0 aliphatic rings. The van der Waals surface area contributed by atoms with Crippen LogP contribution in [0.15, 0.2) is 30.3 Å². The predicted octanol–water partition coefficient (Wildman–Crippen LogP) is 5.83. The van der Waals surface area contributed by atoms with Gasteiger partial charge in [-0.05, 0) is 24.1 Å². The topological polar surface area (TPSA) is 61.6 Å². The quantitative estimate of drug-likeness (QED) is 0.500. The number of nitro benzene ring substituents is 1. The summed E-state index contributed by atoms with van der Waals surface area (Å²) in [6.07, 6.45) is 0. The number of methoxy groups -OCH3 is 1. The fourth-order valence-electron chi connectivity index (χ4n) is 2.06. The van der Waals surface area contributed by atoms with Crippen LogP contribution in [0.5, 0.6) is 17.2 Å². The van der Waals surface area contributed by atoms with E-state index in [0.29, 0.717) is 11.5 Å². The van der Waals surface area contributed by atoms with Crippen molar-refractivity contribution in [2.75, 3.05) is 7.11 Å². The van der Waals surface area contributed by atoms with Crippen LogP contribution in [-0.4, -0.2) is 12.0 Å². The molecule has 23 heavy (non-hydrogen) atoms. The van der Waals surface area contributed by atoms with E-state index in [-0.39, 0.29) is 27.4 Å². The Morgan fingerprint density at radius 2 is 1.74 bits per heavy atom. The second kappa shape index (κ2) is 7.06. The molecule has 122 valence electrons. The van der Waals surface area contributed by atoms with Crippen LogP contribution in [0, 0.1) is 10.1 Å². The molecule has 0 saturated heterocycles. The Bertz CT molecular complexity index is 724. The Balaban J connectivity index is 2.45. The molecule has 2 rings (SSSR count). The zero-order valence-corrected chi connectivity index (χ0v) is 14.3. The minimum atomic E-state index is -0.561. The molecule has 0 aliphatic carbocycles. The number of nitrogens with zero attached hydrogens (tertiary/aromatic N) is 1. The highest BCUT2D eigenvalue weighted by molar-refractivity contribution is 6.37. The fourth-order valence-corrected chi connectivity index (χ4v) is 2.61. The first-order valence-electron chi connectivity index (χ1n) is 6.82. The van der Waals surface area contributed by atoms with Crippen molar-refractivity contribution in [2.45, 2.75) is 19.8 Å². The van der Waals surface area contributed by atoms with E-state index in [2.05, 4.69) is 0 Å². The first-order chi connectivity index (χ1) is 10.8. The van der Waals surface area contributed by atoms with Crippen LogP contribution in [0.3, 0.4) is 0 Å². The van der Waals surface area contributed by atoms with Crippen molar-refractivity contribution < 1.29 is 14.4 Å². The fraction of sp³-hybridized carbons (Fsp3) is 0.250. The SMILES string of the molecule is COc1ccc(Oc2c(Cl)cc([N+](=O)[O-])cc2Cl)c(C(C)C)c1. The van der Waals surface area contributed by atoms with Gasteiger partial charge in [0.1, 0.15) is 11.5 Å². The van der Waals surface area contributed by atoms with Gasteiger partial charge in [-0.1, -0.05) is 37.0 Å². The lowest BCUT2D eigenvalue weighted by atomic mass is 10.0. The number of non-ortho nitro benzene ring substituents is 1. The Kier molecular flexibility index (Phi) is 5.34. The van der Waals surface area contributed by atoms with Gasteiger partial charge in [0.25, 0.3) is 5.69 Å². The first-order valence-corrected chi connectivity index (χ1v) is 7.58. The Hall–Kier alpha value is -1.98. The number of rotatable bonds is 5. The first kappa shape index (κ1) is 17.4. The van der Waals surface area contributed by atoms with E-state index in [1.165, 1.54) is 12.1 Å². The van der Waals surface area contributed by atoms with Gasteiger partial charge < -0.3 is 9.47 Å². The summed E-state index contributed by atoms with van der Waals surface area (Å²) in [6.45, 7) is 4.03. The van der Waals surface area contributed by atoms with Gasteiger partial charge in [0.05, 0.1) is 22.1 Å². The molecule has 7 heteroatoms. The van der Waals surface area contributed by atoms with E-state index in [4.69, 9.17) is 32.7 Å². The maximum Gasteiger partial charge on any atom is 0.272 e. The number of ether oxygens (including phenoxy) is 2. The summed E-state index contributed by atoms with van der Waals surface area (Å²) < 4.78 is 11.0. The summed E-state index contributed by atoms with van der Waals surface area (Å²) in [5.41, 5.74) is 0.723. The molecule has 0 heterocycles. The highest BCUT2D eigenvalue weighted by Crippen LogP contribution is 2.41. The number of nitro groups is 1. The third-order valence-electron chi connectivity index (χ3n) is 3.24. The lowest BCUT2D eigenvalue weighted by Crippen LogP contribution is -1.97. The van der Waals surface area contributed by atoms with Crippen LogP contribution in [0.1, 0.15) is 25.3 Å². The average Bonchev–Trinajstić information content (AvgIpc) is 2.50. The average molecular weight is 356 g/mol. The van der Waals surface area contributed by atoms with Crippen molar-refractivity contribution in [1.82, 2.24) is 0 Å². The van der Waals surface area contributed by atoms with Gasteiger partial charge in [-0.3, -0.25) is 10.1 Å². The standard InChI is InChI=1S/C16H15Cl2NO4/c1-9(2)12-8-11(22-3)4-5-15(12)23-16-13(17)6-10(19(20)21)7-14(16)18/h4-9H,1-3H3. The normalized spacial score (nSPS) is 10.7. The van der Waals surface area contributed by atoms with Gasteiger partial charge in [0.15, 0.2) is 5.75 Å². The molecular weight excluding hydrogens is 341 g/mol. The maximum absolute atomic E-state index is 10.8. The molecule has 0 atom stereocenters. The van der Waals surface area contributed by atoms with E-state index < -0.39 is 4.92 Å². The molecule has 0 spiro atoms. The molecule has 0 bridgehead atoms. The van der Waals surface area contributed by atoms with Crippen LogP contribution >= 0.6 is 23.2 Å². The van der Waals surface area contributed by atoms with Gasteiger partial charge in [-0.25, -0.2) is 0 Å². The summed E-state index contributed by atoms with van der Waals surface area (Å²) in [6, 6.07) is 7.80. The summed E-state index contributed by atoms with van der Waals surface area (Å²) in [5, 5.41) is 11.0. The predicted molar refractivity (Wildman–Crippen MR) is 90.3 cm³/mol. The van der Waals surface area contributed by atoms with Crippen molar-refractivity contribution in [3.63, 3.8) is 0 Å². The van der Waals surface area contributed by atoms with E-state index >= 15 is 0 Å². The van der Waals surface area contributed by atoms with Crippen LogP contribution in [0.2, 0.25) is 10.0 Å². The van der Waals surface area contributed by atoms with E-state index in [0.717, 1.165) is 5.56 Å². The number of hydrogen-bond donors (Lipinski definition) is 0. The van der Waals surface area contributed by atoms with E-state index in [1.54, 1.807) is 19.2 Å². The van der Waals surface area contributed by atoms with Gasteiger partial charge >= 0.3 is 0 Å². The molecule has 0 unspecified atom stereocenters. The van der Waals surface area contributed by atoms with E-state index in [1.807, 2.05) is 19.9 Å². The number of halogens is 2. The van der Waals surface area contributed by atoms with Crippen molar-refractivity contribution >= 4 is 28.9 Å². The highest BCUT2D eigenvalue weighted by Gasteiger charge is 2.18. The van der Waals surface area contributed by atoms with E-state index in [9.17, 15) is 10.1 Å². The van der Waals surface area contributed by atoms with Crippen LogP contribution in [0.25, 0.3) is 0 Å². The molecule has 0 aliphatic heterocycles. The second-order valence-corrected chi connectivity index (χ2v) is 5.97.